The Morgan fingerprint density at radius 1 is 1.32 bits per heavy atom. The van der Waals surface area contributed by atoms with Crippen LogP contribution in [0.4, 0.5) is 5.69 Å². The molecular formula is C17H18ClN3S. The van der Waals surface area contributed by atoms with E-state index in [1.165, 1.54) is 18.4 Å². The van der Waals surface area contributed by atoms with E-state index in [1.54, 1.807) is 0 Å². The summed E-state index contributed by atoms with van der Waals surface area (Å²) in [6, 6.07) is 10.5. The molecule has 1 fully saturated rings. The molecule has 0 atom stereocenters. The van der Waals surface area contributed by atoms with Crippen LogP contribution in [0.1, 0.15) is 24.0 Å². The second-order valence-electron chi connectivity index (χ2n) is 5.61. The number of thiocarbonyl (C=S) groups is 1. The molecule has 0 spiro atoms. The largest absolute Gasteiger partial charge is 0.342 e. The molecule has 1 aromatic heterocycles. The lowest BCUT2D eigenvalue weighted by Crippen LogP contribution is -2.36. The number of pyridine rings is 1. The van der Waals surface area contributed by atoms with Crippen LogP contribution in [0.3, 0.4) is 0 Å². The van der Waals surface area contributed by atoms with Gasteiger partial charge in [0, 0.05) is 35.7 Å². The topological polar surface area (TPSA) is 28.2 Å². The SMILES string of the molecule is Cc1cc(NC(=S)N(Cc2ccncc2)C2CC2)ccc1Cl. The Hall–Kier alpha value is -1.65. The highest BCUT2D eigenvalue weighted by atomic mass is 35.5. The summed E-state index contributed by atoms with van der Waals surface area (Å²) >= 11 is 11.7. The van der Waals surface area contributed by atoms with Crippen LogP contribution in [0.2, 0.25) is 5.02 Å². The van der Waals surface area contributed by atoms with Crippen LogP contribution >= 0.6 is 23.8 Å². The van der Waals surface area contributed by atoms with E-state index in [4.69, 9.17) is 23.8 Å². The Morgan fingerprint density at radius 3 is 2.68 bits per heavy atom. The highest BCUT2D eigenvalue weighted by Crippen LogP contribution is 2.29. The summed E-state index contributed by atoms with van der Waals surface area (Å²) in [5, 5.41) is 4.87. The number of hydrogen-bond acceptors (Lipinski definition) is 2. The molecular weight excluding hydrogens is 314 g/mol. The van der Waals surface area contributed by atoms with Crippen LogP contribution in [-0.2, 0) is 6.54 Å². The van der Waals surface area contributed by atoms with Gasteiger partial charge in [-0.25, -0.2) is 0 Å². The smallest absolute Gasteiger partial charge is 0.173 e. The van der Waals surface area contributed by atoms with Gasteiger partial charge in [-0.1, -0.05) is 11.6 Å². The predicted octanol–water partition coefficient (Wildman–Crippen LogP) is 4.40. The second kappa shape index (κ2) is 6.63. The number of nitrogens with one attached hydrogen (secondary N) is 1. The normalized spacial score (nSPS) is 13.7. The Kier molecular flexibility index (Phi) is 4.60. The summed E-state index contributed by atoms with van der Waals surface area (Å²) in [7, 11) is 0. The van der Waals surface area contributed by atoms with Crippen molar-refractivity contribution in [3.05, 3.63) is 58.9 Å². The van der Waals surface area contributed by atoms with Gasteiger partial charge in [0.2, 0.25) is 0 Å². The van der Waals surface area contributed by atoms with Crippen molar-refractivity contribution in [2.75, 3.05) is 5.32 Å². The number of anilines is 1. The molecule has 1 aromatic carbocycles. The molecule has 1 aliphatic rings. The molecule has 1 heterocycles. The monoisotopic (exact) mass is 331 g/mol. The quantitative estimate of drug-likeness (QED) is 0.840. The van der Waals surface area contributed by atoms with Crippen molar-refractivity contribution in [2.24, 2.45) is 0 Å². The minimum Gasteiger partial charge on any atom is -0.342 e. The Morgan fingerprint density at radius 2 is 2.05 bits per heavy atom. The second-order valence-corrected chi connectivity index (χ2v) is 6.40. The van der Waals surface area contributed by atoms with E-state index < -0.39 is 0 Å². The summed E-state index contributed by atoms with van der Waals surface area (Å²) in [4.78, 5) is 6.32. The molecule has 1 aliphatic carbocycles. The number of benzene rings is 1. The third-order valence-corrected chi connectivity index (χ3v) is 4.52. The van der Waals surface area contributed by atoms with Gasteiger partial charge in [-0.05, 0) is 73.4 Å². The van der Waals surface area contributed by atoms with Crippen molar-refractivity contribution >= 4 is 34.6 Å². The van der Waals surface area contributed by atoms with E-state index in [0.717, 1.165) is 27.9 Å². The minimum atomic E-state index is 0.543. The van der Waals surface area contributed by atoms with Crippen molar-refractivity contribution in [1.82, 2.24) is 9.88 Å². The molecule has 3 rings (SSSR count). The van der Waals surface area contributed by atoms with Crippen molar-refractivity contribution in [2.45, 2.75) is 32.4 Å². The third-order valence-electron chi connectivity index (χ3n) is 3.76. The average Bonchev–Trinajstić information content (AvgIpc) is 3.34. The van der Waals surface area contributed by atoms with Crippen LogP contribution in [-0.4, -0.2) is 21.0 Å². The van der Waals surface area contributed by atoms with Gasteiger partial charge in [0.05, 0.1) is 0 Å². The van der Waals surface area contributed by atoms with Crippen molar-refractivity contribution in [3.8, 4) is 0 Å². The molecule has 114 valence electrons. The standard InChI is InChI=1S/C17H18ClN3S/c1-12-10-14(2-5-16(12)18)20-17(22)21(15-3-4-15)11-13-6-8-19-9-7-13/h2,5-10,15H,3-4,11H2,1H3,(H,20,22). The van der Waals surface area contributed by atoms with Crippen molar-refractivity contribution < 1.29 is 0 Å². The lowest BCUT2D eigenvalue weighted by atomic mass is 10.2. The summed E-state index contributed by atoms with van der Waals surface area (Å²) in [6.45, 7) is 2.80. The number of nitrogens with zero attached hydrogens (tertiary/aromatic N) is 2. The summed E-state index contributed by atoms with van der Waals surface area (Å²) in [6.07, 6.45) is 6.04. The van der Waals surface area contributed by atoms with Gasteiger partial charge in [-0.2, -0.15) is 0 Å². The fraction of sp³-hybridized carbons (Fsp3) is 0.294. The van der Waals surface area contributed by atoms with E-state index in [2.05, 4.69) is 15.2 Å². The fourth-order valence-electron chi connectivity index (χ4n) is 2.36. The zero-order valence-electron chi connectivity index (χ0n) is 12.4. The van der Waals surface area contributed by atoms with Gasteiger partial charge in [0.25, 0.3) is 0 Å². The Bertz CT molecular complexity index is 671. The van der Waals surface area contributed by atoms with E-state index in [-0.39, 0.29) is 0 Å². The first kappa shape index (κ1) is 15.3. The molecule has 0 amide bonds. The maximum Gasteiger partial charge on any atom is 0.173 e. The molecule has 1 saturated carbocycles. The molecule has 1 N–H and O–H groups in total. The number of halogens is 1. The van der Waals surface area contributed by atoms with Gasteiger partial charge < -0.3 is 10.2 Å². The highest BCUT2D eigenvalue weighted by molar-refractivity contribution is 7.80. The average molecular weight is 332 g/mol. The first-order valence-electron chi connectivity index (χ1n) is 7.36. The lowest BCUT2D eigenvalue weighted by Gasteiger charge is -2.26. The van der Waals surface area contributed by atoms with Crippen LogP contribution < -0.4 is 5.32 Å². The van der Waals surface area contributed by atoms with E-state index in [1.807, 2.05) is 49.6 Å². The number of hydrogen-bond donors (Lipinski definition) is 1. The minimum absolute atomic E-state index is 0.543. The zero-order chi connectivity index (χ0) is 15.5. The lowest BCUT2D eigenvalue weighted by molar-refractivity contribution is 0.409. The van der Waals surface area contributed by atoms with Crippen molar-refractivity contribution in [1.29, 1.82) is 0 Å². The number of aromatic nitrogens is 1. The van der Waals surface area contributed by atoms with E-state index in [0.29, 0.717) is 6.04 Å². The molecule has 0 unspecified atom stereocenters. The molecule has 0 radical (unpaired) electrons. The zero-order valence-corrected chi connectivity index (χ0v) is 14.0. The summed E-state index contributed by atoms with van der Waals surface area (Å²) < 4.78 is 0. The summed E-state index contributed by atoms with van der Waals surface area (Å²) in [5.41, 5.74) is 3.24. The molecule has 0 aliphatic heterocycles. The fourth-order valence-corrected chi connectivity index (χ4v) is 2.80. The van der Waals surface area contributed by atoms with E-state index in [9.17, 15) is 0 Å². The van der Waals surface area contributed by atoms with Gasteiger partial charge >= 0.3 is 0 Å². The molecule has 22 heavy (non-hydrogen) atoms. The van der Waals surface area contributed by atoms with Crippen LogP contribution in [0.5, 0.6) is 0 Å². The molecule has 2 aromatic rings. The highest BCUT2D eigenvalue weighted by Gasteiger charge is 2.30. The molecule has 0 bridgehead atoms. The van der Waals surface area contributed by atoms with Crippen LogP contribution in [0.25, 0.3) is 0 Å². The first-order valence-corrected chi connectivity index (χ1v) is 8.15. The van der Waals surface area contributed by atoms with Crippen LogP contribution in [0.15, 0.2) is 42.7 Å². The maximum absolute atomic E-state index is 6.07. The van der Waals surface area contributed by atoms with E-state index >= 15 is 0 Å². The van der Waals surface area contributed by atoms with Gasteiger partial charge in [0.1, 0.15) is 0 Å². The van der Waals surface area contributed by atoms with Crippen molar-refractivity contribution in [3.63, 3.8) is 0 Å². The van der Waals surface area contributed by atoms with Gasteiger partial charge in [0.15, 0.2) is 5.11 Å². The van der Waals surface area contributed by atoms with Gasteiger partial charge in [-0.3, -0.25) is 4.98 Å². The number of rotatable bonds is 4. The predicted molar refractivity (Wildman–Crippen MR) is 95.2 cm³/mol. The molecule has 5 heteroatoms. The van der Waals surface area contributed by atoms with Crippen LogP contribution in [0, 0.1) is 6.92 Å². The Labute approximate surface area is 141 Å². The first-order chi connectivity index (χ1) is 10.6. The van der Waals surface area contributed by atoms with Gasteiger partial charge in [-0.15, -0.1) is 0 Å². The molecule has 0 saturated heterocycles. The Balaban J connectivity index is 1.71. The number of aryl methyl sites for hydroxylation is 1. The maximum atomic E-state index is 6.07. The third kappa shape index (κ3) is 3.76. The molecule has 3 nitrogen and oxygen atoms in total. The summed E-state index contributed by atoms with van der Waals surface area (Å²) in [5.74, 6) is 0.